The molecule has 1 amide bonds. The molecule has 2 aromatic heterocycles. The van der Waals surface area contributed by atoms with Gasteiger partial charge in [-0.1, -0.05) is 0 Å². The van der Waals surface area contributed by atoms with Crippen LogP contribution in [0.1, 0.15) is 33.6 Å². The van der Waals surface area contributed by atoms with E-state index in [4.69, 9.17) is 15.2 Å². The molecule has 1 atom stereocenters. The third-order valence-corrected chi connectivity index (χ3v) is 4.98. The molecular weight excluding hydrogens is 360 g/mol. The molecule has 0 aromatic carbocycles. The first-order valence-electron chi connectivity index (χ1n) is 9.47. The van der Waals surface area contributed by atoms with Crippen molar-refractivity contribution >= 4 is 11.9 Å². The van der Waals surface area contributed by atoms with Gasteiger partial charge in [0, 0.05) is 11.8 Å². The van der Waals surface area contributed by atoms with Crippen LogP contribution in [0.25, 0.3) is 11.3 Å². The monoisotopic (exact) mass is 386 g/mol. The van der Waals surface area contributed by atoms with Crippen molar-refractivity contribution in [3.05, 3.63) is 24.8 Å². The second-order valence-corrected chi connectivity index (χ2v) is 8.53. The minimum Gasteiger partial charge on any atom is -0.444 e. The number of aromatic nitrogens is 4. The number of nitrogens with zero attached hydrogens (tertiary/aromatic N) is 5. The molecule has 9 heteroatoms. The average Bonchev–Trinajstić information content (AvgIpc) is 3.24. The average molecular weight is 386 g/mol. The van der Waals surface area contributed by atoms with Crippen molar-refractivity contribution in [2.45, 2.75) is 57.4 Å². The first-order chi connectivity index (χ1) is 13.2. The van der Waals surface area contributed by atoms with Crippen molar-refractivity contribution in [3.8, 4) is 11.3 Å². The third kappa shape index (κ3) is 3.94. The van der Waals surface area contributed by atoms with E-state index in [-0.39, 0.29) is 17.7 Å². The Balaban J connectivity index is 1.43. The lowest BCUT2D eigenvalue weighted by Gasteiger charge is -2.40. The van der Waals surface area contributed by atoms with Gasteiger partial charge >= 0.3 is 6.09 Å². The molecule has 1 saturated heterocycles. The zero-order chi connectivity index (χ0) is 19.9. The minimum atomic E-state index is -0.516. The summed E-state index contributed by atoms with van der Waals surface area (Å²) < 4.78 is 13.5. The number of morpholine rings is 1. The van der Waals surface area contributed by atoms with Crippen molar-refractivity contribution in [2.24, 2.45) is 0 Å². The molecule has 2 aromatic rings. The van der Waals surface area contributed by atoms with Crippen LogP contribution < -0.4 is 5.73 Å². The smallest absolute Gasteiger partial charge is 0.410 e. The van der Waals surface area contributed by atoms with Crippen molar-refractivity contribution in [1.29, 1.82) is 0 Å². The van der Waals surface area contributed by atoms with Crippen LogP contribution in [0.4, 0.5) is 10.6 Å². The number of carbonyl (C=O) groups is 1. The van der Waals surface area contributed by atoms with Gasteiger partial charge in [-0.15, -0.1) is 0 Å². The molecule has 4 rings (SSSR count). The summed E-state index contributed by atoms with van der Waals surface area (Å²) in [5.41, 5.74) is 6.44. The second kappa shape index (κ2) is 6.73. The van der Waals surface area contributed by atoms with Crippen LogP contribution >= 0.6 is 0 Å². The predicted octanol–water partition coefficient (Wildman–Crippen LogP) is 2.09. The number of hydrogen-bond acceptors (Lipinski definition) is 7. The van der Waals surface area contributed by atoms with E-state index >= 15 is 0 Å². The van der Waals surface area contributed by atoms with Crippen LogP contribution in [0, 0.1) is 0 Å². The van der Waals surface area contributed by atoms with Gasteiger partial charge < -0.3 is 15.2 Å². The van der Waals surface area contributed by atoms with Gasteiger partial charge in [-0.3, -0.25) is 14.6 Å². The Labute approximate surface area is 163 Å². The van der Waals surface area contributed by atoms with Gasteiger partial charge in [-0.2, -0.15) is 5.10 Å². The first-order valence-corrected chi connectivity index (χ1v) is 9.47. The van der Waals surface area contributed by atoms with Crippen molar-refractivity contribution in [2.75, 3.05) is 18.9 Å². The third-order valence-electron chi connectivity index (χ3n) is 4.98. The normalized spacial score (nSPS) is 21.0. The summed E-state index contributed by atoms with van der Waals surface area (Å²) in [6, 6.07) is 0. The molecular formula is C19H26N6O3. The molecule has 0 unspecified atom stereocenters. The molecule has 1 spiro atoms. The van der Waals surface area contributed by atoms with Gasteiger partial charge in [-0.25, -0.2) is 9.78 Å². The van der Waals surface area contributed by atoms with Gasteiger partial charge in [0.05, 0.1) is 55.6 Å². The zero-order valence-electron chi connectivity index (χ0n) is 16.5. The van der Waals surface area contributed by atoms with Crippen LogP contribution in [0.2, 0.25) is 0 Å². The van der Waals surface area contributed by atoms with Crippen molar-refractivity contribution < 1.29 is 14.3 Å². The number of rotatable bonds is 3. The van der Waals surface area contributed by atoms with E-state index in [0.29, 0.717) is 31.2 Å². The zero-order valence-corrected chi connectivity index (χ0v) is 16.5. The van der Waals surface area contributed by atoms with E-state index in [0.717, 1.165) is 18.4 Å². The molecule has 0 radical (unpaired) electrons. The van der Waals surface area contributed by atoms with E-state index in [9.17, 15) is 4.79 Å². The van der Waals surface area contributed by atoms with Crippen molar-refractivity contribution in [1.82, 2.24) is 24.6 Å². The Hall–Kier alpha value is -2.68. The predicted molar refractivity (Wildman–Crippen MR) is 102 cm³/mol. The number of nitrogen functional groups attached to an aromatic ring is 1. The molecule has 150 valence electrons. The SMILES string of the molecule is CC(C)(C)OC(=O)N1C[C@H](Cn2cc(-c3cnc(N)cn3)cn2)OCC12CC2. The lowest BCUT2D eigenvalue weighted by Crippen LogP contribution is -2.56. The van der Waals surface area contributed by atoms with Gasteiger partial charge in [0.15, 0.2) is 0 Å². The number of ether oxygens (including phenoxy) is 2. The second-order valence-electron chi connectivity index (χ2n) is 8.53. The lowest BCUT2D eigenvalue weighted by atomic mass is 10.1. The summed E-state index contributed by atoms with van der Waals surface area (Å²) in [6.07, 6.45) is 8.27. The van der Waals surface area contributed by atoms with Gasteiger partial charge in [0.1, 0.15) is 11.4 Å². The molecule has 9 nitrogen and oxygen atoms in total. The van der Waals surface area contributed by atoms with Crippen molar-refractivity contribution in [3.63, 3.8) is 0 Å². The molecule has 2 N–H and O–H groups in total. The fourth-order valence-corrected chi connectivity index (χ4v) is 3.35. The Morgan fingerprint density at radius 3 is 2.75 bits per heavy atom. The maximum Gasteiger partial charge on any atom is 0.410 e. The highest BCUT2D eigenvalue weighted by molar-refractivity contribution is 5.70. The summed E-state index contributed by atoms with van der Waals surface area (Å²) in [4.78, 5) is 22.9. The molecule has 28 heavy (non-hydrogen) atoms. The van der Waals surface area contributed by atoms with E-state index < -0.39 is 5.60 Å². The molecule has 2 aliphatic rings. The summed E-state index contributed by atoms with van der Waals surface area (Å²) in [5.74, 6) is 0.378. The van der Waals surface area contributed by atoms with Crippen LogP contribution in [-0.4, -0.2) is 61.1 Å². The van der Waals surface area contributed by atoms with Crippen LogP contribution in [0.5, 0.6) is 0 Å². The largest absolute Gasteiger partial charge is 0.444 e. The highest BCUT2D eigenvalue weighted by Crippen LogP contribution is 2.45. The van der Waals surface area contributed by atoms with Gasteiger partial charge in [0.2, 0.25) is 0 Å². The summed E-state index contributed by atoms with van der Waals surface area (Å²) >= 11 is 0. The lowest BCUT2D eigenvalue weighted by molar-refractivity contribution is -0.0839. The summed E-state index contributed by atoms with van der Waals surface area (Å²) in [7, 11) is 0. The highest BCUT2D eigenvalue weighted by Gasteiger charge is 2.54. The Kier molecular flexibility index (Phi) is 4.49. The topological polar surface area (TPSA) is 108 Å². The van der Waals surface area contributed by atoms with E-state index in [2.05, 4.69) is 15.1 Å². The maximum atomic E-state index is 12.7. The number of nitrogens with two attached hydrogens (primary N) is 1. The van der Waals surface area contributed by atoms with Crippen LogP contribution in [-0.2, 0) is 16.0 Å². The molecule has 0 bridgehead atoms. The van der Waals surface area contributed by atoms with E-state index in [1.165, 1.54) is 6.20 Å². The van der Waals surface area contributed by atoms with Crippen LogP contribution in [0.15, 0.2) is 24.8 Å². The first kappa shape index (κ1) is 18.7. The number of anilines is 1. The van der Waals surface area contributed by atoms with Gasteiger partial charge in [0.25, 0.3) is 0 Å². The van der Waals surface area contributed by atoms with E-state index in [1.807, 2.05) is 31.9 Å². The Morgan fingerprint density at radius 2 is 2.11 bits per heavy atom. The van der Waals surface area contributed by atoms with Crippen LogP contribution in [0.3, 0.4) is 0 Å². The quantitative estimate of drug-likeness (QED) is 0.860. The van der Waals surface area contributed by atoms with E-state index in [1.54, 1.807) is 17.1 Å². The highest BCUT2D eigenvalue weighted by atomic mass is 16.6. The summed E-state index contributed by atoms with van der Waals surface area (Å²) in [5, 5.41) is 4.39. The molecule has 2 fully saturated rings. The Morgan fingerprint density at radius 1 is 1.32 bits per heavy atom. The molecule has 1 aliphatic heterocycles. The molecule has 1 aliphatic carbocycles. The van der Waals surface area contributed by atoms with Gasteiger partial charge in [-0.05, 0) is 33.6 Å². The maximum absolute atomic E-state index is 12.7. The standard InChI is InChI=1S/C19H26N6O3/c1-18(2,3)28-17(26)25-11-14(27-12-19(25)4-5-19)10-24-9-13(6-23-24)15-7-22-16(20)8-21-15/h6-9,14H,4-5,10-12H2,1-3H3,(H2,20,22)/t14-/m0/s1. The summed E-state index contributed by atoms with van der Waals surface area (Å²) in [6.45, 7) is 7.22. The molecule has 3 heterocycles. The number of carbonyl (C=O) groups excluding carboxylic acids is 1. The Bertz CT molecular complexity index is 853. The fourth-order valence-electron chi connectivity index (χ4n) is 3.35. The number of hydrogen-bond donors (Lipinski definition) is 1. The molecule has 1 saturated carbocycles. The number of amides is 1. The fraction of sp³-hybridized carbons (Fsp3) is 0.579. The minimum absolute atomic E-state index is 0.149.